The molecule has 0 atom stereocenters. The molecule has 2 amide bonds. The van der Waals surface area contributed by atoms with Gasteiger partial charge >= 0.3 is 6.18 Å². The number of amides is 2. The lowest BCUT2D eigenvalue weighted by molar-refractivity contribution is -0.137. The van der Waals surface area contributed by atoms with E-state index in [1.807, 2.05) is 0 Å². The number of halogens is 3. The van der Waals surface area contributed by atoms with Gasteiger partial charge in [0.15, 0.2) is 0 Å². The Labute approximate surface area is 154 Å². The minimum atomic E-state index is -4.39. The Balaban J connectivity index is 1.58. The van der Waals surface area contributed by atoms with Crippen molar-refractivity contribution in [2.45, 2.75) is 19.0 Å². The third-order valence-corrected chi connectivity index (χ3v) is 4.01. The fraction of sp³-hybridized carbons (Fsp3) is 0.200. The van der Waals surface area contributed by atoms with E-state index in [-0.39, 0.29) is 11.8 Å². The van der Waals surface area contributed by atoms with Crippen molar-refractivity contribution in [2.75, 3.05) is 10.6 Å². The number of nitrogens with one attached hydrogen (secondary N) is 2. The minimum Gasteiger partial charge on any atom is -0.326 e. The fourth-order valence-electron chi connectivity index (χ4n) is 2.40. The highest BCUT2D eigenvalue weighted by Gasteiger charge is 2.30. The predicted octanol–water partition coefficient (Wildman–Crippen LogP) is 4.71. The van der Waals surface area contributed by atoms with Crippen LogP contribution in [0.25, 0.3) is 6.08 Å². The molecule has 0 saturated heterocycles. The topological polar surface area (TPSA) is 58.2 Å². The number of rotatable bonds is 5. The van der Waals surface area contributed by atoms with Gasteiger partial charge in [0, 0.05) is 23.4 Å². The van der Waals surface area contributed by atoms with Crippen LogP contribution in [0.4, 0.5) is 24.5 Å². The van der Waals surface area contributed by atoms with Crippen LogP contribution in [0.5, 0.6) is 0 Å². The summed E-state index contributed by atoms with van der Waals surface area (Å²) in [6.45, 7) is 0. The van der Waals surface area contributed by atoms with E-state index in [1.165, 1.54) is 24.3 Å². The van der Waals surface area contributed by atoms with Crippen molar-refractivity contribution >= 4 is 29.3 Å². The van der Waals surface area contributed by atoms with Crippen LogP contribution in [-0.4, -0.2) is 11.8 Å². The van der Waals surface area contributed by atoms with Crippen LogP contribution in [0.1, 0.15) is 24.0 Å². The first-order valence-electron chi connectivity index (χ1n) is 8.38. The Hall–Kier alpha value is -3.09. The normalized spacial score (nSPS) is 14.2. The first-order chi connectivity index (χ1) is 12.8. The SMILES string of the molecule is O=C(/C=C/c1ccc(C(F)(F)F)cc1)Nc1cccc(NC(=O)C2CC2)c1. The molecule has 1 aliphatic rings. The highest BCUT2D eigenvalue weighted by atomic mass is 19.4. The lowest BCUT2D eigenvalue weighted by Gasteiger charge is -2.07. The summed E-state index contributed by atoms with van der Waals surface area (Å²) in [5.41, 5.74) is 0.833. The molecule has 140 valence electrons. The molecule has 27 heavy (non-hydrogen) atoms. The molecule has 0 heterocycles. The van der Waals surface area contributed by atoms with Gasteiger partial charge < -0.3 is 10.6 Å². The summed E-state index contributed by atoms with van der Waals surface area (Å²) in [7, 11) is 0. The Bertz CT molecular complexity index is 870. The summed E-state index contributed by atoms with van der Waals surface area (Å²) in [6.07, 6.45) is 0.0693. The van der Waals surface area contributed by atoms with Gasteiger partial charge in [0.2, 0.25) is 11.8 Å². The summed E-state index contributed by atoms with van der Waals surface area (Å²) in [5, 5.41) is 5.44. The first kappa shape index (κ1) is 18.7. The van der Waals surface area contributed by atoms with Gasteiger partial charge in [-0.1, -0.05) is 18.2 Å². The molecule has 1 saturated carbocycles. The number of alkyl halides is 3. The molecule has 4 nitrogen and oxygen atoms in total. The summed E-state index contributed by atoms with van der Waals surface area (Å²) < 4.78 is 37.6. The zero-order chi connectivity index (χ0) is 19.4. The summed E-state index contributed by atoms with van der Waals surface area (Å²) in [6, 6.07) is 11.3. The van der Waals surface area contributed by atoms with Crippen molar-refractivity contribution < 1.29 is 22.8 Å². The Kier molecular flexibility index (Phi) is 5.30. The molecule has 0 unspecified atom stereocenters. The maximum atomic E-state index is 12.5. The average Bonchev–Trinajstić information content (AvgIpc) is 3.45. The molecule has 1 aliphatic carbocycles. The minimum absolute atomic E-state index is 0.0272. The molecular formula is C20H17F3N2O2. The van der Waals surface area contributed by atoms with E-state index in [4.69, 9.17) is 0 Å². The van der Waals surface area contributed by atoms with E-state index in [1.54, 1.807) is 24.3 Å². The van der Waals surface area contributed by atoms with Crippen LogP contribution < -0.4 is 10.6 Å². The van der Waals surface area contributed by atoms with Crippen molar-refractivity contribution in [3.05, 3.63) is 65.7 Å². The number of carbonyl (C=O) groups is 2. The zero-order valence-electron chi connectivity index (χ0n) is 14.2. The van der Waals surface area contributed by atoms with Gasteiger partial charge in [0.25, 0.3) is 0 Å². The van der Waals surface area contributed by atoms with E-state index >= 15 is 0 Å². The van der Waals surface area contributed by atoms with Crippen molar-refractivity contribution in [1.29, 1.82) is 0 Å². The Morgan fingerprint density at radius 3 is 2.19 bits per heavy atom. The Morgan fingerprint density at radius 1 is 0.963 bits per heavy atom. The average molecular weight is 374 g/mol. The van der Waals surface area contributed by atoms with E-state index in [2.05, 4.69) is 10.6 Å². The van der Waals surface area contributed by atoms with Crippen LogP contribution >= 0.6 is 0 Å². The zero-order valence-corrected chi connectivity index (χ0v) is 14.2. The van der Waals surface area contributed by atoms with Gasteiger partial charge in [0.1, 0.15) is 0 Å². The number of benzene rings is 2. The fourth-order valence-corrected chi connectivity index (χ4v) is 2.40. The van der Waals surface area contributed by atoms with E-state index < -0.39 is 17.6 Å². The first-order valence-corrected chi connectivity index (χ1v) is 8.38. The van der Waals surface area contributed by atoms with Gasteiger partial charge in [-0.25, -0.2) is 0 Å². The summed E-state index contributed by atoms with van der Waals surface area (Å²) in [5.74, 6) is -0.379. The molecule has 1 fully saturated rings. The van der Waals surface area contributed by atoms with Crippen LogP contribution in [-0.2, 0) is 15.8 Å². The summed E-state index contributed by atoms with van der Waals surface area (Å²) in [4.78, 5) is 23.8. The van der Waals surface area contributed by atoms with Crippen LogP contribution in [0.2, 0.25) is 0 Å². The number of carbonyl (C=O) groups excluding carboxylic acids is 2. The van der Waals surface area contributed by atoms with E-state index in [0.29, 0.717) is 16.9 Å². The molecule has 2 aromatic carbocycles. The second-order valence-electron chi connectivity index (χ2n) is 6.29. The smallest absolute Gasteiger partial charge is 0.326 e. The van der Waals surface area contributed by atoms with Crippen molar-refractivity contribution in [1.82, 2.24) is 0 Å². The third-order valence-electron chi connectivity index (χ3n) is 4.01. The second-order valence-corrected chi connectivity index (χ2v) is 6.29. The monoisotopic (exact) mass is 374 g/mol. The van der Waals surface area contributed by atoms with Gasteiger partial charge in [-0.3, -0.25) is 9.59 Å². The highest BCUT2D eigenvalue weighted by molar-refractivity contribution is 6.02. The third kappa shape index (κ3) is 5.44. The van der Waals surface area contributed by atoms with Gasteiger partial charge in [-0.2, -0.15) is 13.2 Å². The standard InChI is InChI=1S/C20H17F3N2O2/c21-20(22,23)15-9-4-13(5-10-15)6-11-18(26)24-16-2-1-3-17(12-16)25-19(27)14-7-8-14/h1-6,9-12,14H,7-8H2,(H,24,26)(H,25,27)/b11-6+. The molecule has 0 bridgehead atoms. The molecule has 2 N–H and O–H groups in total. The molecule has 7 heteroatoms. The molecule has 0 aromatic heterocycles. The number of hydrogen-bond donors (Lipinski definition) is 2. The maximum Gasteiger partial charge on any atom is 0.416 e. The highest BCUT2D eigenvalue weighted by Crippen LogP contribution is 2.30. The predicted molar refractivity (Wildman–Crippen MR) is 96.9 cm³/mol. The lowest BCUT2D eigenvalue weighted by atomic mass is 10.1. The van der Waals surface area contributed by atoms with Crippen LogP contribution in [0.3, 0.4) is 0 Å². The maximum absolute atomic E-state index is 12.5. The van der Waals surface area contributed by atoms with Gasteiger partial charge in [-0.05, 0) is 54.8 Å². The van der Waals surface area contributed by atoms with Crippen LogP contribution in [0, 0.1) is 5.92 Å². The molecule has 3 rings (SSSR count). The molecule has 0 radical (unpaired) electrons. The van der Waals surface area contributed by atoms with Crippen molar-refractivity contribution in [3.8, 4) is 0 Å². The van der Waals surface area contributed by atoms with Gasteiger partial charge in [-0.15, -0.1) is 0 Å². The Morgan fingerprint density at radius 2 is 1.59 bits per heavy atom. The number of anilines is 2. The van der Waals surface area contributed by atoms with Crippen molar-refractivity contribution in [2.24, 2.45) is 5.92 Å². The van der Waals surface area contributed by atoms with E-state index in [0.717, 1.165) is 25.0 Å². The molecule has 2 aromatic rings. The largest absolute Gasteiger partial charge is 0.416 e. The van der Waals surface area contributed by atoms with Gasteiger partial charge in [0.05, 0.1) is 5.56 Å². The molecule has 0 aliphatic heterocycles. The van der Waals surface area contributed by atoms with Crippen molar-refractivity contribution in [3.63, 3.8) is 0 Å². The number of hydrogen-bond acceptors (Lipinski definition) is 2. The second kappa shape index (κ2) is 7.65. The van der Waals surface area contributed by atoms with E-state index in [9.17, 15) is 22.8 Å². The lowest BCUT2D eigenvalue weighted by Crippen LogP contribution is -2.14. The van der Waals surface area contributed by atoms with Crippen LogP contribution in [0.15, 0.2) is 54.6 Å². The summed E-state index contributed by atoms with van der Waals surface area (Å²) >= 11 is 0. The molecular weight excluding hydrogens is 357 g/mol. The molecule has 0 spiro atoms. The quantitative estimate of drug-likeness (QED) is 0.745.